The van der Waals surface area contributed by atoms with Gasteiger partial charge in [0.05, 0.1) is 17.9 Å². The lowest BCUT2D eigenvalue weighted by molar-refractivity contribution is 0.766. The van der Waals surface area contributed by atoms with E-state index in [0.29, 0.717) is 0 Å². The van der Waals surface area contributed by atoms with Crippen LogP contribution in [0.1, 0.15) is 5.69 Å². The van der Waals surface area contributed by atoms with Crippen molar-refractivity contribution in [2.24, 2.45) is 0 Å². The van der Waals surface area contributed by atoms with E-state index in [0.717, 1.165) is 35.0 Å². The number of rotatable bonds is 3. The summed E-state index contributed by atoms with van der Waals surface area (Å²) in [5, 5.41) is 0. The lowest BCUT2D eigenvalue weighted by Gasteiger charge is -2.06. The predicted octanol–water partition coefficient (Wildman–Crippen LogP) is 3.49. The lowest BCUT2D eigenvalue weighted by Crippen LogP contribution is -2.02. The van der Waals surface area contributed by atoms with Gasteiger partial charge in [0.25, 0.3) is 0 Å². The maximum Gasteiger partial charge on any atom is 0.160 e. The minimum Gasteiger partial charge on any atom is -0.346 e. The van der Waals surface area contributed by atoms with Gasteiger partial charge in [-0.25, -0.2) is 9.97 Å². The maximum atomic E-state index is 4.63. The Balaban J connectivity index is 1.69. The Kier molecular flexibility index (Phi) is 3.12. The minimum absolute atomic E-state index is 0.726. The van der Waals surface area contributed by atoms with Crippen LogP contribution in [0.2, 0.25) is 0 Å². The molecule has 0 saturated heterocycles. The predicted molar refractivity (Wildman–Crippen MR) is 85.4 cm³/mol. The van der Waals surface area contributed by atoms with Crippen LogP contribution in [0.4, 0.5) is 0 Å². The molecule has 1 aromatic carbocycles. The summed E-state index contributed by atoms with van der Waals surface area (Å²) in [6.07, 6.45) is 5.84. The van der Waals surface area contributed by atoms with Crippen LogP contribution >= 0.6 is 0 Å². The van der Waals surface area contributed by atoms with Crippen molar-refractivity contribution in [1.82, 2.24) is 19.5 Å². The summed E-state index contributed by atoms with van der Waals surface area (Å²) in [4.78, 5) is 13.6. The molecule has 0 saturated carbocycles. The Morgan fingerprint density at radius 2 is 1.64 bits per heavy atom. The summed E-state index contributed by atoms with van der Waals surface area (Å²) in [6.45, 7) is 0.726. The van der Waals surface area contributed by atoms with E-state index in [1.54, 1.807) is 0 Å². The van der Waals surface area contributed by atoms with E-state index >= 15 is 0 Å². The molecule has 106 valence electrons. The van der Waals surface area contributed by atoms with Gasteiger partial charge in [0.2, 0.25) is 0 Å². The highest BCUT2D eigenvalue weighted by molar-refractivity contribution is 5.65. The Morgan fingerprint density at radius 3 is 2.45 bits per heavy atom. The van der Waals surface area contributed by atoms with E-state index in [1.807, 2.05) is 73.2 Å². The van der Waals surface area contributed by atoms with Gasteiger partial charge >= 0.3 is 0 Å². The van der Waals surface area contributed by atoms with Crippen LogP contribution in [0.15, 0.2) is 73.2 Å². The number of aromatic nitrogens is 4. The first-order valence-corrected chi connectivity index (χ1v) is 7.17. The van der Waals surface area contributed by atoms with Crippen molar-refractivity contribution in [2.75, 3.05) is 0 Å². The summed E-state index contributed by atoms with van der Waals surface area (Å²) in [7, 11) is 0. The monoisotopic (exact) mass is 286 g/mol. The quantitative estimate of drug-likeness (QED) is 0.579. The van der Waals surface area contributed by atoms with E-state index in [1.165, 1.54) is 0 Å². The number of hydrogen-bond acceptors (Lipinski definition) is 3. The second kappa shape index (κ2) is 5.41. The summed E-state index contributed by atoms with van der Waals surface area (Å²) in [6, 6.07) is 18.0. The Labute approximate surface area is 128 Å². The molecule has 0 radical (unpaired) electrons. The van der Waals surface area contributed by atoms with Gasteiger partial charge in [-0.05, 0) is 18.2 Å². The molecule has 22 heavy (non-hydrogen) atoms. The van der Waals surface area contributed by atoms with Crippen LogP contribution in [-0.2, 0) is 6.54 Å². The molecular weight excluding hydrogens is 272 g/mol. The fourth-order valence-corrected chi connectivity index (χ4v) is 2.45. The molecule has 1 aromatic heterocycles. The second-order valence-electron chi connectivity index (χ2n) is 5.12. The Morgan fingerprint density at radius 1 is 0.818 bits per heavy atom. The molecule has 2 aromatic rings. The van der Waals surface area contributed by atoms with Crippen molar-refractivity contribution in [2.45, 2.75) is 6.54 Å². The van der Waals surface area contributed by atoms with Crippen LogP contribution in [0.25, 0.3) is 22.8 Å². The molecule has 3 heterocycles. The molecule has 4 heteroatoms. The van der Waals surface area contributed by atoms with Crippen LogP contribution in [0.5, 0.6) is 0 Å². The third-order valence-corrected chi connectivity index (χ3v) is 3.53. The Hall–Kier alpha value is -3.01. The third kappa shape index (κ3) is 2.46. The molecule has 0 spiro atoms. The molecular formula is C18H14N4. The van der Waals surface area contributed by atoms with Gasteiger partial charge < -0.3 is 4.57 Å². The van der Waals surface area contributed by atoms with E-state index in [4.69, 9.17) is 0 Å². The Bertz CT molecular complexity index is 853. The number of imidazole rings is 1. The average Bonchev–Trinajstić information content (AvgIpc) is 3.00. The zero-order chi connectivity index (χ0) is 14.8. The smallest absolute Gasteiger partial charge is 0.160 e. The van der Waals surface area contributed by atoms with Crippen molar-refractivity contribution < 1.29 is 0 Å². The molecule has 4 rings (SSSR count). The van der Waals surface area contributed by atoms with E-state index in [9.17, 15) is 0 Å². The number of benzene rings is 1. The molecule has 0 aliphatic carbocycles. The highest BCUT2D eigenvalue weighted by atomic mass is 15.0. The van der Waals surface area contributed by atoms with Gasteiger partial charge in [-0.1, -0.05) is 36.4 Å². The van der Waals surface area contributed by atoms with E-state index < -0.39 is 0 Å². The van der Waals surface area contributed by atoms with Gasteiger partial charge in [-0.2, -0.15) is 0 Å². The fraction of sp³-hybridized carbons (Fsp3) is 0.0556. The molecule has 2 aliphatic rings. The van der Waals surface area contributed by atoms with Gasteiger partial charge in [0.1, 0.15) is 5.69 Å². The molecule has 0 bridgehead atoms. The highest BCUT2D eigenvalue weighted by Crippen LogP contribution is 2.24. The first-order chi connectivity index (χ1) is 10.9. The van der Waals surface area contributed by atoms with Crippen molar-refractivity contribution in [3.8, 4) is 22.8 Å². The van der Waals surface area contributed by atoms with Crippen LogP contribution in [0.3, 0.4) is 0 Å². The van der Waals surface area contributed by atoms with Crippen molar-refractivity contribution in [1.29, 1.82) is 0 Å². The molecule has 0 N–H and O–H groups in total. The largest absolute Gasteiger partial charge is 0.346 e. The minimum atomic E-state index is 0.726. The fourth-order valence-electron chi connectivity index (χ4n) is 2.45. The SMILES string of the molecule is c1ccc(-c2nc3ccn(Cc4ccccn4)cc-3n2)cc1. The first-order valence-electron chi connectivity index (χ1n) is 7.17. The summed E-state index contributed by atoms with van der Waals surface area (Å²) < 4.78 is 2.08. The van der Waals surface area contributed by atoms with Gasteiger partial charge in [0, 0.05) is 24.2 Å². The molecule has 0 unspecified atom stereocenters. The van der Waals surface area contributed by atoms with Crippen LogP contribution in [0, 0.1) is 0 Å². The van der Waals surface area contributed by atoms with Gasteiger partial charge in [0.15, 0.2) is 5.82 Å². The highest BCUT2D eigenvalue weighted by Gasteiger charge is 2.12. The van der Waals surface area contributed by atoms with Gasteiger partial charge in [-0.15, -0.1) is 0 Å². The first kappa shape index (κ1) is 12.7. The van der Waals surface area contributed by atoms with Crippen molar-refractivity contribution >= 4 is 0 Å². The van der Waals surface area contributed by atoms with Crippen molar-refractivity contribution in [3.05, 3.63) is 78.9 Å². The molecule has 0 atom stereocenters. The molecule has 0 fully saturated rings. The zero-order valence-electron chi connectivity index (χ0n) is 11.9. The zero-order valence-corrected chi connectivity index (χ0v) is 11.9. The molecule has 4 nitrogen and oxygen atoms in total. The van der Waals surface area contributed by atoms with E-state index in [-0.39, 0.29) is 0 Å². The topological polar surface area (TPSA) is 43.6 Å². The number of nitrogens with zero attached hydrogens (tertiary/aromatic N) is 4. The van der Waals surface area contributed by atoms with E-state index in [2.05, 4.69) is 19.5 Å². The summed E-state index contributed by atoms with van der Waals surface area (Å²) in [5.41, 5.74) is 3.87. The summed E-state index contributed by atoms with van der Waals surface area (Å²) in [5.74, 6) is 0.770. The maximum absolute atomic E-state index is 4.63. The van der Waals surface area contributed by atoms with Crippen LogP contribution < -0.4 is 0 Å². The number of pyridine rings is 2. The molecule has 0 amide bonds. The van der Waals surface area contributed by atoms with Crippen molar-refractivity contribution in [3.63, 3.8) is 0 Å². The normalized spacial score (nSPS) is 10.9. The standard InChI is InChI=1S/C18H14N4/c1-2-6-14(7-3-1)18-20-16-9-11-22(13-17(16)21-18)12-15-8-4-5-10-19-15/h1-11,13H,12H2. The summed E-state index contributed by atoms with van der Waals surface area (Å²) >= 11 is 0. The average molecular weight is 286 g/mol. The number of hydrogen-bond donors (Lipinski definition) is 0. The molecule has 2 aliphatic heterocycles. The second-order valence-corrected chi connectivity index (χ2v) is 5.12. The lowest BCUT2D eigenvalue weighted by atomic mass is 10.2. The third-order valence-electron chi connectivity index (χ3n) is 3.53. The number of fused-ring (bicyclic) bond motifs is 1. The van der Waals surface area contributed by atoms with Gasteiger partial charge in [-0.3, -0.25) is 4.98 Å². The van der Waals surface area contributed by atoms with Crippen LogP contribution in [-0.4, -0.2) is 19.5 Å².